The van der Waals surface area contributed by atoms with Gasteiger partial charge in [0.15, 0.2) is 5.76 Å². The third-order valence-corrected chi connectivity index (χ3v) is 5.82. The van der Waals surface area contributed by atoms with Gasteiger partial charge in [-0.25, -0.2) is 0 Å². The van der Waals surface area contributed by atoms with Gasteiger partial charge in [-0.15, -0.1) is 10.2 Å². The number of hydrogen-bond donors (Lipinski definition) is 1. The van der Waals surface area contributed by atoms with Crippen molar-refractivity contribution in [1.82, 2.24) is 15.5 Å². The van der Waals surface area contributed by atoms with Crippen LogP contribution in [-0.4, -0.2) is 16.1 Å². The van der Waals surface area contributed by atoms with Crippen LogP contribution in [0.5, 0.6) is 0 Å². The van der Waals surface area contributed by atoms with Crippen LogP contribution in [0.2, 0.25) is 0 Å². The number of carbonyl (C=O) groups is 1. The van der Waals surface area contributed by atoms with Crippen molar-refractivity contribution in [2.24, 2.45) is 0 Å². The molecule has 156 valence electrons. The Labute approximate surface area is 185 Å². The predicted molar refractivity (Wildman–Crippen MR) is 123 cm³/mol. The normalized spacial score (nSPS) is 11.8. The summed E-state index contributed by atoms with van der Waals surface area (Å²) < 4.78 is 5.73. The molecule has 2 heterocycles. The van der Waals surface area contributed by atoms with E-state index in [1.807, 2.05) is 67.6 Å². The van der Waals surface area contributed by atoms with Crippen molar-refractivity contribution in [3.8, 4) is 11.3 Å². The second-order valence-electron chi connectivity index (χ2n) is 7.28. The molecule has 5 nitrogen and oxygen atoms in total. The fraction of sp³-hybridized carbons (Fsp3) is 0.160. The van der Waals surface area contributed by atoms with Crippen LogP contribution in [0, 0.1) is 6.92 Å². The Hall–Kier alpha value is -3.38. The van der Waals surface area contributed by atoms with E-state index in [0.717, 1.165) is 21.8 Å². The number of aryl methyl sites for hydroxylation is 1. The lowest BCUT2D eigenvalue weighted by Crippen LogP contribution is -2.26. The van der Waals surface area contributed by atoms with E-state index in [1.165, 1.54) is 17.3 Å². The van der Waals surface area contributed by atoms with E-state index in [-0.39, 0.29) is 11.9 Å². The molecule has 1 amide bonds. The zero-order chi connectivity index (χ0) is 21.6. The first-order valence-electron chi connectivity index (χ1n) is 10.1. The summed E-state index contributed by atoms with van der Waals surface area (Å²) >= 11 is 1.52. The molecular weight excluding hydrogens is 406 g/mol. The van der Waals surface area contributed by atoms with Crippen molar-refractivity contribution >= 4 is 17.7 Å². The molecule has 4 aromatic rings. The van der Waals surface area contributed by atoms with Gasteiger partial charge in [0.2, 0.25) is 0 Å². The third kappa shape index (κ3) is 5.41. The van der Waals surface area contributed by atoms with Crippen LogP contribution in [0.4, 0.5) is 0 Å². The van der Waals surface area contributed by atoms with Crippen LogP contribution in [0.25, 0.3) is 11.3 Å². The summed E-state index contributed by atoms with van der Waals surface area (Å²) in [5.41, 5.74) is 4.14. The second kappa shape index (κ2) is 9.62. The summed E-state index contributed by atoms with van der Waals surface area (Å²) in [6, 6.07) is 25.4. The predicted octanol–water partition coefficient (Wildman–Crippen LogP) is 5.83. The first kappa shape index (κ1) is 20.9. The van der Waals surface area contributed by atoms with Crippen LogP contribution in [-0.2, 0) is 5.75 Å². The highest BCUT2D eigenvalue weighted by atomic mass is 32.2. The Bertz CT molecular complexity index is 1140. The molecule has 2 aromatic carbocycles. The SMILES string of the molecule is Cc1ccc(-c2ccc(SCc3ccc(C(=O)NC(C)c4ccccc4)o3)nn2)cc1. The molecule has 1 unspecified atom stereocenters. The summed E-state index contributed by atoms with van der Waals surface area (Å²) in [7, 11) is 0. The largest absolute Gasteiger partial charge is 0.455 e. The fourth-order valence-electron chi connectivity index (χ4n) is 3.09. The van der Waals surface area contributed by atoms with Gasteiger partial charge in [0, 0.05) is 5.56 Å². The van der Waals surface area contributed by atoms with Crippen molar-refractivity contribution < 1.29 is 9.21 Å². The van der Waals surface area contributed by atoms with Gasteiger partial charge in [0.25, 0.3) is 5.91 Å². The molecule has 0 saturated heterocycles. The van der Waals surface area contributed by atoms with Gasteiger partial charge in [-0.05, 0) is 43.7 Å². The quantitative estimate of drug-likeness (QED) is 0.375. The van der Waals surface area contributed by atoms with E-state index >= 15 is 0 Å². The Balaban J connectivity index is 1.32. The number of benzene rings is 2. The van der Waals surface area contributed by atoms with E-state index in [2.05, 4.69) is 34.6 Å². The van der Waals surface area contributed by atoms with Crippen LogP contribution in [0.15, 0.2) is 88.3 Å². The zero-order valence-corrected chi connectivity index (χ0v) is 18.2. The molecule has 6 heteroatoms. The molecule has 31 heavy (non-hydrogen) atoms. The number of furan rings is 1. The van der Waals surface area contributed by atoms with Gasteiger partial charge in [-0.3, -0.25) is 4.79 Å². The highest BCUT2D eigenvalue weighted by molar-refractivity contribution is 7.98. The van der Waals surface area contributed by atoms with Gasteiger partial charge < -0.3 is 9.73 Å². The minimum Gasteiger partial charge on any atom is -0.455 e. The maximum Gasteiger partial charge on any atom is 0.287 e. The van der Waals surface area contributed by atoms with Crippen molar-refractivity contribution in [3.63, 3.8) is 0 Å². The topological polar surface area (TPSA) is 68.0 Å². The van der Waals surface area contributed by atoms with E-state index < -0.39 is 0 Å². The molecule has 0 fully saturated rings. The number of rotatable bonds is 7. The number of nitrogens with one attached hydrogen (secondary N) is 1. The fourth-order valence-corrected chi connectivity index (χ4v) is 3.80. The standard InChI is InChI=1S/C25H23N3O2S/c1-17-8-10-20(11-9-17)22-13-15-24(28-27-22)31-16-21-12-14-23(30-21)25(29)26-18(2)19-6-4-3-5-7-19/h3-15,18H,16H2,1-2H3,(H,26,29). The molecule has 1 atom stereocenters. The first-order chi connectivity index (χ1) is 15.1. The van der Waals surface area contributed by atoms with Crippen molar-refractivity contribution in [2.75, 3.05) is 0 Å². The van der Waals surface area contributed by atoms with Gasteiger partial charge >= 0.3 is 0 Å². The summed E-state index contributed by atoms with van der Waals surface area (Å²) in [6.07, 6.45) is 0. The van der Waals surface area contributed by atoms with E-state index in [0.29, 0.717) is 17.3 Å². The monoisotopic (exact) mass is 429 g/mol. The highest BCUT2D eigenvalue weighted by Gasteiger charge is 2.15. The van der Waals surface area contributed by atoms with Crippen LogP contribution in [0.3, 0.4) is 0 Å². The Morgan fingerprint density at radius 3 is 2.45 bits per heavy atom. The lowest BCUT2D eigenvalue weighted by molar-refractivity contribution is 0.0910. The summed E-state index contributed by atoms with van der Waals surface area (Å²) in [5.74, 6) is 1.36. The molecule has 0 aliphatic carbocycles. The number of nitrogens with zero attached hydrogens (tertiary/aromatic N) is 2. The van der Waals surface area contributed by atoms with Gasteiger partial charge in [-0.1, -0.05) is 71.9 Å². The third-order valence-electron chi connectivity index (χ3n) is 4.88. The van der Waals surface area contributed by atoms with Crippen molar-refractivity contribution in [1.29, 1.82) is 0 Å². The summed E-state index contributed by atoms with van der Waals surface area (Å²) in [4.78, 5) is 12.5. The van der Waals surface area contributed by atoms with Crippen molar-refractivity contribution in [3.05, 3.63) is 102 Å². The minimum absolute atomic E-state index is 0.0982. The van der Waals surface area contributed by atoms with Crippen LogP contribution >= 0.6 is 11.8 Å². The van der Waals surface area contributed by atoms with E-state index in [1.54, 1.807) is 6.07 Å². The van der Waals surface area contributed by atoms with E-state index in [9.17, 15) is 4.79 Å². The number of thioether (sulfide) groups is 1. The zero-order valence-electron chi connectivity index (χ0n) is 17.4. The molecule has 4 rings (SSSR count). The molecule has 0 aliphatic heterocycles. The van der Waals surface area contributed by atoms with Gasteiger partial charge in [0.1, 0.15) is 10.8 Å². The lowest BCUT2D eigenvalue weighted by Gasteiger charge is -2.13. The van der Waals surface area contributed by atoms with Crippen LogP contribution < -0.4 is 5.32 Å². The number of hydrogen-bond acceptors (Lipinski definition) is 5. The Morgan fingerprint density at radius 1 is 0.968 bits per heavy atom. The molecule has 1 N–H and O–H groups in total. The average molecular weight is 430 g/mol. The maximum atomic E-state index is 12.5. The summed E-state index contributed by atoms with van der Waals surface area (Å²) in [6.45, 7) is 4.01. The first-order valence-corrected chi connectivity index (χ1v) is 11.0. The van der Waals surface area contributed by atoms with Gasteiger partial charge in [-0.2, -0.15) is 0 Å². The average Bonchev–Trinajstić information content (AvgIpc) is 3.28. The number of aromatic nitrogens is 2. The molecule has 0 saturated carbocycles. The Morgan fingerprint density at radius 2 is 1.74 bits per heavy atom. The number of carbonyl (C=O) groups excluding carboxylic acids is 1. The lowest BCUT2D eigenvalue weighted by atomic mass is 10.1. The molecule has 0 radical (unpaired) electrons. The number of amides is 1. The van der Waals surface area contributed by atoms with E-state index in [4.69, 9.17) is 4.42 Å². The van der Waals surface area contributed by atoms with Crippen LogP contribution in [0.1, 0.15) is 40.4 Å². The Kier molecular flexibility index (Phi) is 6.48. The highest BCUT2D eigenvalue weighted by Crippen LogP contribution is 2.24. The summed E-state index contributed by atoms with van der Waals surface area (Å²) in [5, 5.41) is 12.4. The second-order valence-corrected chi connectivity index (χ2v) is 8.28. The minimum atomic E-state index is -0.227. The molecule has 0 spiro atoms. The van der Waals surface area contributed by atoms with Crippen molar-refractivity contribution in [2.45, 2.75) is 30.7 Å². The maximum absolute atomic E-state index is 12.5. The molecule has 0 bridgehead atoms. The molecular formula is C25H23N3O2S. The smallest absolute Gasteiger partial charge is 0.287 e. The molecule has 0 aliphatic rings. The molecule has 2 aromatic heterocycles. The van der Waals surface area contributed by atoms with Gasteiger partial charge in [0.05, 0.1) is 17.5 Å².